The Bertz CT molecular complexity index is 1140. The number of aromatic nitrogens is 1. The molecule has 0 spiro atoms. The first kappa shape index (κ1) is 22.2. The molecule has 178 valence electrons. The number of hydrogen-bond acceptors (Lipinski definition) is 3. The van der Waals surface area contributed by atoms with E-state index < -0.39 is 58.2 Å². The largest absolute Gasteiger partial charge is 0.417 e. The number of carbonyl (C=O) groups excluding carboxylic acids is 1. The molecule has 1 saturated carbocycles. The van der Waals surface area contributed by atoms with Crippen molar-refractivity contribution in [2.75, 3.05) is 0 Å². The Morgan fingerprint density at radius 2 is 1.67 bits per heavy atom. The lowest BCUT2D eigenvalue weighted by atomic mass is 9.72. The smallest absolute Gasteiger partial charge is 0.360 e. The average Bonchev–Trinajstić information content (AvgIpc) is 3.29. The molecule has 1 aliphatic carbocycles. The van der Waals surface area contributed by atoms with Crippen LogP contribution in [0.5, 0.6) is 0 Å². The molecule has 33 heavy (non-hydrogen) atoms. The fraction of sp³-hybridized carbons (Fsp3) is 0.545. The van der Waals surface area contributed by atoms with E-state index in [4.69, 9.17) is 0 Å². The highest BCUT2D eigenvalue weighted by Crippen LogP contribution is 2.50. The first-order chi connectivity index (χ1) is 15.5. The number of carbonyl (C=O) groups is 1. The van der Waals surface area contributed by atoms with Gasteiger partial charge in [0, 0.05) is 35.9 Å². The minimum Gasteiger partial charge on any atom is -0.360 e. The standard InChI is InChI=1S/C22H21F6N3O2/c23-21(24,25)13-2-1-3-15-17(13)19(32)12(9-29-15)20(33)30-16-8-14(22(26,27)28)18(16)31-10-4-5-11(31)7-6-10/h1-3,9-11,14,16,18H,4-8H2,(H,29,32)(H,30,33)/t10?,11?,14?,16?,18-/m1/s1. The summed E-state index contributed by atoms with van der Waals surface area (Å²) in [7, 11) is 0. The number of pyridine rings is 1. The van der Waals surface area contributed by atoms with E-state index in [2.05, 4.69) is 10.3 Å². The van der Waals surface area contributed by atoms with Crippen LogP contribution in [-0.4, -0.2) is 46.1 Å². The number of alkyl halides is 6. The number of nitrogens with zero attached hydrogens (tertiary/aromatic N) is 1. The van der Waals surface area contributed by atoms with Crippen molar-refractivity contribution in [2.45, 2.75) is 68.6 Å². The number of halogens is 6. The molecule has 5 nitrogen and oxygen atoms in total. The van der Waals surface area contributed by atoms with Crippen molar-refractivity contribution in [1.29, 1.82) is 0 Å². The van der Waals surface area contributed by atoms with Crippen LogP contribution in [0.3, 0.4) is 0 Å². The van der Waals surface area contributed by atoms with Crippen molar-refractivity contribution in [1.82, 2.24) is 15.2 Å². The van der Waals surface area contributed by atoms with Gasteiger partial charge in [0.25, 0.3) is 5.91 Å². The van der Waals surface area contributed by atoms with Crippen molar-refractivity contribution >= 4 is 16.8 Å². The van der Waals surface area contributed by atoms with E-state index in [-0.39, 0.29) is 24.0 Å². The number of H-pyrrole nitrogens is 1. The Kier molecular flexibility index (Phi) is 5.04. The SMILES string of the molecule is O=C(NC1CC(C(F)(F)F)[C@H]1N1C2CCC1CC2)c1c[nH]c2cccc(C(F)(F)F)c2c1=O. The van der Waals surface area contributed by atoms with Crippen LogP contribution in [0.15, 0.2) is 29.2 Å². The zero-order valence-corrected chi connectivity index (χ0v) is 17.3. The minimum atomic E-state index is -4.81. The summed E-state index contributed by atoms with van der Waals surface area (Å²) in [5.74, 6) is -2.56. The van der Waals surface area contributed by atoms with E-state index in [0.29, 0.717) is 0 Å². The molecule has 0 radical (unpaired) electrons. The van der Waals surface area contributed by atoms with Gasteiger partial charge >= 0.3 is 12.4 Å². The molecule has 2 aromatic rings. The van der Waals surface area contributed by atoms with Gasteiger partial charge in [-0.25, -0.2) is 0 Å². The Balaban J connectivity index is 1.45. The van der Waals surface area contributed by atoms with Crippen LogP contribution < -0.4 is 10.7 Å². The molecule has 1 aromatic carbocycles. The Morgan fingerprint density at radius 1 is 1.03 bits per heavy atom. The molecular formula is C22H21F6N3O2. The van der Waals surface area contributed by atoms with E-state index in [1.807, 2.05) is 4.90 Å². The predicted octanol–water partition coefficient (Wildman–Crippen LogP) is 4.22. The van der Waals surface area contributed by atoms with Gasteiger partial charge in [0.05, 0.1) is 16.9 Å². The van der Waals surface area contributed by atoms with Crippen molar-refractivity contribution in [3.63, 3.8) is 0 Å². The molecule has 3 fully saturated rings. The summed E-state index contributed by atoms with van der Waals surface area (Å²) in [5, 5.41) is 1.84. The molecule has 2 N–H and O–H groups in total. The van der Waals surface area contributed by atoms with Gasteiger partial charge in [-0.2, -0.15) is 26.3 Å². The summed E-state index contributed by atoms with van der Waals surface area (Å²) in [6.07, 6.45) is -5.28. The summed E-state index contributed by atoms with van der Waals surface area (Å²) in [6.45, 7) is 0. The zero-order chi connectivity index (χ0) is 23.7. The molecule has 2 aliphatic heterocycles. The van der Waals surface area contributed by atoms with Crippen molar-refractivity contribution < 1.29 is 31.1 Å². The van der Waals surface area contributed by atoms with Crippen molar-refractivity contribution in [3.8, 4) is 0 Å². The van der Waals surface area contributed by atoms with E-state index in [1.165, 1.54) is 6.07 Å². The van der Waals surface area contributed by atoms with Gasteiger partial charge in [-0.05, 0) is 44.2 Å². The van der Waals surface area contributed by atoms with Gasteiger partial charge in [0.2, 0.25) is 5.43 Å². The van der Waals surface area contributed by atoms with Crippen LogP contribution in [0.25, 0.3) is 10.9 Å². The normalized spacial score (nSPS) is 29.9. The summed E-state index contributed by atoms with van der Waals surface area (Å²) in [6, 6.07) is 1.50. The fourth-order valence-corrected chi connectivity index (χ4v) is 5.88. The van der Waals surface area contributed by atoms with E-state index >= 15 is 0 Å². The molecule has 2 unspecified atom stereocenters. The number of fused-ring (bicyclic) bond motifs is 3. The van der Waals surface area contributed by atoms with Crippen molar-refractivity contribution in [2.24, 2.45) is 5.92 Å². The van der Waals surface area contributed by atoms with E-state index in [9.17, 15) is 35.9 Å². The molecule has 5 rings (SSSR count). The maximum Gasteiger partial charge on any atom is 0.417 e. The summed E-state index contributed by atoms with van der Waals surface area (Å²) >= 11 is 0. The molecule has 3 atom stereocenters. The lowest BCUT2D eigenvalue weighted by Gasteiger charge is -2.51. The van der Waals surface area contributed by atoms with Crippen LogP contribution >= 0.6 is 0 Å². The molecule has 11 heteroatoms. The van der Waals surface area contributed by atoms with Crippen LogP contribution in [0, 0.1) is 5.92 Å². The lowest BCUT2D eigenvalue weighted by molar-refractivity contribution is -0.225. The Labute approximate surface area is 184 Å². The zero-order valence-electron chi connectivity index (χ0n) is 17.3. The van der Waals surface area contributed by atoms with Gasteiger partial charge in [-0.3, -0.25) is 14.5 Å². The van der Waals surface area contributed by atoms with E-state index in [1.54, 1.807) is 0 Å². The third kappa shape index (κ3) is 3.60. The number of nitrogens with one attached hydrogen (secondary N) is 2. The van der Waals surface area contributed by atoms with Crippen LogP contribution in [-0.2, 0) is 6.18 Å². The fourth-order valence-electron chi connectivity index (χ4n) is 5.88. The van der Waals surface area contributed by atoms with Gasteiger partial charge in [-0.15, -0.1) is 0 Å². The molecular weight excluding hydrogens is 452 g/mol. The van der Waals surface area contributed by atoms with E-state index in [0.717, 1.165) is 44.0 Å². The maximum atomic E-state index is 13.6. The number of hydrogen-bond donors (Lipinski definition) is 2. The predicted molar refractivity (Wildman–Crippen MR) is 107 cm³/mol. The second kappa shape index (κ2) is 7.48. The maximum absolute atomic E-state index is 13.6. The minimum absolute atomic E-state index is 0.0444. The highest BCUT2D eigenvalue weighted by molar-refractivity contribution is 5.98. The molecule has 1 amide bonds. The molecule has 2 bridgehead atoms. The third-order valence-electron chi connectivity index (χ3n) is 7.38. The molecule has 1 aromatic heterocycles. The van der Waals surface area contributed by atoms with Crippen LogP contribution in [0.2, 0.25) is 0 Å². The first-order valence-corrected chi connectivity index (χ1v) is 10.8. The summed E-state index contributed by atoms with van der Waals surface area (Å²) < 4.78 is 81.0. The number of benzene rings is 1. The van der Waals surface area contributed by atoms with Crippen LogP contribution in [0.1, 0.15) is 48.0 Å². The summed E-state index contributed by atoms with van der Waals surface area (Å²) in [5.41, 5.74) is -2.93. The first-order valence-electron chi connectivity index (χ1n) is 10.8. The Morgan fingerprint density at radius 3 is 2.24 bits per heavy atom. The average molecular weight is 473 g/mol. The number of aromatic amines is 1. The monoisotopic (exact) mass is 473 g/mol. The van der Waals surface area contributed by atoms with Crippen LogP contribution in [0.4, 0.5) is 26.3 Å². The molecule has 3 aliphatic rings. The second-order valence-electron chi connectivity index (χ2n) is 9.12. The Hall–Kier alpha value is -2.56. The van der Waals surface area contributed by atoms with Gasteiger partial charge in [0.15, 0.2) is 0 Å². The van der Waals surface area contributed by atoms with Gasteiger partial charge in [0.1, 0.15) is 5.56 Å². The summed E-state index contributed by atoms with van der Waals surface area (Å²) in [4.78, 5) is 30.1. The topological polar surface area (TPSA) is 65.2 Å². The van der Waals surface area contributed by atoms with Gasteiger partial charge in [-0.1, -0.05) is 6.07 Å². The van der Waals surface area contributed by atoms with Gasteiger partial charge < -0.3 is 10.3 Å². The van der Waals surface area contributed by atoms with Crippen molar-refractivity contribution in [3.05, 3.63) is 45.7 Å². The second-order valence-corrected chi connectivity index (χ2v) is 9.12. The third-order valence-corrected chi connectivity index (χ3v) is 7.38. The number of rotatable bonds is 3. The quantitative estimate of drug-likeness (QED) is 0.657. The highest BCUT2D eigenvalue weighted by atomic mass is 19.4. The molecule has 3 heterocycles. The highest BCUT2D eigenvalue weighted by Gasteiger charge is 2.61. The lowest BCUT2D eigenvalue weighted by Crippen LogP contribution is -2.67. The molecule has 2 saturated heterocycles. The number of amides is 1.